The van der Waals surface area contributed by atoms with E-state index in [0.29, 0.717) is 11.0 Å². The molecule has 0 unspecified atom stereocenters. The summed E-state index contributed by atoms with van der Waals surface area (Å²) in [6.45, 7) is 1.86. The van der Waals surface area contributed by atoms with Gasteiger partial charge in [-0.3, -0.25) is 0 Å². The highest BCUT2D eigenvalue weighted by molar-refractivity contribution is 6.30. The summed E-state index contributed by atoms with van der Waals surface area (Å²) in [6.07, 6.45) is 4.19. The zero-order valence-corrected chi connectivity index (χ0v) is 11.5. The van der Waals surface area contributed by atoms with Gasteiger partial charge in [0.15, 0.2) is 5.82 Å². The van der Waals surface area contributed by atoms with Gasteiger partial charge in [-0.2, -0.15) is 0 Å². The Morgan fingerprint density at radius 2 is 1.95 bits per heavy atom. The van der Waals surface area contributed by atoms with E-state index in [1.807, 2.05) is 6.92 Å². The van der Waals surface area contributed by atoms with Gasteiger partial charge < -0.3 is 0 Å². The third-order valence-electron chi connectivity index (χ3n) is 3.56. The molecule has 0 atom stereocenters. The van der Waals surface area contributed by atoms with Crippen LogP contribution in [0.4, 0.5) is 4.39 Å². The Labute approximate surface area is 116 Å². The zero-order chi connectivity index (χ0) is 13.4. The maximum atomic E-state index is 13.1. The van der Waals surface area contributed by atoms with Crippen molar-refractivity contribution in [2.24, 2.45) is 0 Å². The van der Waals surface area contributed by atoms with Crippen molar-refractivity contribution < 1.29 is 4.39 Å². The summed E-state index contributed by atoms with van der Waals surface area (Å²) in [5, 5.41) is 0.545. The standard InChI is InChI=1S/C15H14ClFN2/c1-9-8-10(17)6-7-11(9)15-18-13-5-3-2-4-12(13)14(16)19-15/h6-8H,2-5H2,1H3. The molecule has 3 rings (SSSR count). The number of nitrogens with zero attached hydrogens (tertiary/aromatic N) is 2. The number of hydrogen-bond acceptors (Lipinski definition) is 2. The van der Waals surface area contributed by atoms with Crippen LogP contribution in [0, 0.1) is 12.7 Å². The summed E-state index contributed by atoms with van der Waals surface area (Å²) in [5.74, 6) is 0.355. The minimum absolute atomic E-state index is 0.245. The molecule has 4 heteroatoms. The summed E-state index contributed by atoms with van der Waals surface area (Å²) in [5.41, 5.74) is 3.80. The van der Waals surface area contributed by atoms with Gasteiger partial charge in [-0.1, -0.05) is 11.6 Å². The first-order chi connectivity index (χ1) is 9.15. The van der Waals surface area contributed by atoms with Gasteiger partial charge in [-0.25, -0.2) is 14.4 Å². The van der Waals surface area contributed by atoms with Crippen LogP contribution >= 0.6 is 11.6 Å². The molecular weight excluding hydrogens is 263 g/mol. The van der Waals surface area contributed by atoms with Crippen molar-refractivity contribution in [1.82, 2.24) is 9.97 Å². The van der Waals surface area contributed by atoms with Crippen LogP contribution in [-0.2, 0) is 12.8 Å². The van der Waals surface area contributed by atoms with E-state index in [2.05, 4.69) is 9.97 Å². The Hall–Kier alpha value is -1.48. The van der Waals surface area contributed by atoms with Gasteiger partial charge in [0, 0.05) is 16.8 Å². The van der Waals surface area contributed by atoms with Gasteiger partial charge in [-0.05, 0) is 56.4 Å². The van der Waals surface area contributed by atoms with Crippen molar-refractivity contribution in [3.05, 3.63) is 46.0 Å². The van der Waals surface area contributed by atoms with Crippen LogP contribution in [0.15, 0.2) is 18.2 Å². The minimum atomic E-state index is -0.245. The fourth-order valence-electron chi connectivity index (χ4n) is 2.55. The lowest BCUT2D eigenvalue weighted by molar-refractivity contribution is 0.626. The van der Waals surface area contributed by atoms with Crippen molar-refractivity contribution in [3.8, 4) is 11.4 Å². The highest BCUT2D eigenvalue weighted by Crippen LogP contribution is 2.29. The molecule has 0 fully saturated rings. The average Bonchev–Trinajstić information content (AvgIpc) is 2.38. The molecule has 1 heterocycles. The molecule has 2 aromatic rings. The molecule has 98 valence electrons. The second-order valence-corrected chi connectivity index (χ2v) is 5.29. The Bertz CT molecular complexity index is 640. The Balaban J connectivity index is 2.13. The lowest BCUT2D eigenvalue weighted by atomic mass is 9.97. The molecule has 0 spiro atoms. The quantitative estimate of drug-likeness (QED) is 0.732. The van der Waals surface area contributed by atoms with E-state index in [4.69, 9.17) is 11.6 Å². The number of aromatic nitrogens is 2. The number of aryl methyl sites for hydroxylation is 2. The molecule has 0 amide bonds. The first kappa shape index (κ1) is 12.5. The van der Waals surface area contributed by atoms with E-state index >= 15 is 0 Å². The largest absolute Gasteiger partial charge is 0.233 e. The van der Waals surface area contributed by atoms with Crippen molar-refractivity contribution in [2.45, 2.75) is 32.6 Å². The maximum Gasteiger partial charge on any atom is 0.161 e. The highest BCUT2D eigenvalue weighted by atomic mass is 35.5. The van der Waals surface area contributed by atoms with E-state index in [0.717, 1.165) is 48.1 Å². The van der Waals surface area contributed by atoms with Crippen LogP contribution in [0.25, 0.3) is 11.4 Å². The first-order valence-electron chi connectivity index (χ1n) is 6.47. The van der Waals surface area contributed by atoms with E-state index < -0.39 is 0 Å². The fraction of sp³-hybridized carbons (Fsp3) is 0.333. The Kier molecular flexibility index (Phi) is 3.23. The van der Waals surface area contributed by atoms with Gasteiger partial charge >= 0.3 is 0 Å². The molecular formula is C15H14ClFN2. The molecule has 1 aromatic carbocycles. The predicted molar refractivity (Wildman–Crippen MR) is 73.8 cm³/mol. The van der Waals surface area contributed by atoms with Crippen LogP contribution in [0.2, 0.25) is 5.15 Å². The monoisotopic (exact) mass is 276 g/mol. The molecule has 0 aliphatic heterocycles. The summed E-state index contributed by atoms with van der Waals surface area (Å²) in [4.78, 5) is 9.00. The number of halogens is 2. The summed E-state index contributed by atoms with van der Waals surface area (Å²) in [7, 11) is 0. The van der Waals surface area contributed by atoms with Gasteiger partial charge in [0.25, 0.3) is 0 Å². The van der Waals surface area contributed by atoms with E-state index in [1.54, 1.807) is 6.07 Å². The molecule has 0 radical (unpaired) electrons. The Morgan fingerprint density at radius 1 is 1.16 bits per heavy atom. The summed E-state index contributed by atoms with van der Waals surface area (Å²) in [6, 6.07) is 4.64. The normalized spacial score (nSPS) is 14.3. The molecule has 0 saturated heterocycles. The SMILES string of the molecule is Cc1cc(F)ccc1-c1nc(Cl)c2c(n1)CCCC2. The molecule has 0 saturated carbocycles. The van der Waals surface area contributed by atoms with Gasteiger partial charge in [0.1, 0.15) is 11.0 Å². The van der Waals surface area contributed by atoms with Crippen molar-refractivity contribution >= 4 is 11.6 Å². The van der Waals surface area contributed by atoms with Gasteiger partial charge in [0.05, 0.1) is 0 Å². The van der Waals surface area contributed by atoms with Crippen LogP contribution in [0.1, 0.15) is 29.7 Å². The third kappa shape index (κ3) is 2.35. The fourth-order valence-corrected chi connectivity index (χ4v) is 2.83. The second-order valence-electron chi connectivity index (χ2n) is 4.93. The molecule has 1 aromatic heterocycles. The zero-order valence-electron chi connectivity index (χ0n) is 10.7. The van der Waals surface area contributed by atoms with E-state index in [-0.39, 0.29) is 5.82 Å². The number of rotatable bonds is 1. The lowest BCUT2D eigenvalue weighted by Gasteiger charge is -2.17. The van der Waals surface area contributed by atoms with E-state index in [1.165, 1.54) is 12.1 Å². The smallest absolute Gasteiger partial charge is 0.161 e. The highest BCUT2D eigenvalue weighted by Gasteiger charge is 2.18. The van der Waals surface area contributed by atoms with E-state index in [9.17, 15) is 4.39 Å². The summed E-state index contributed by atoms with van der Waals surface area (Å²) < 4.78 is 13.1. The first-order valence-corrected chi connectivity index (χ1v) is 6.85. The Morgan fingerprint density at radius 3 is 2.74 bits per heavy atom. The van der Waals surface area contributed by atoms with Crippen molar-refractivity contribution in [2.75, 3.05) is 0 Å². The third-order valence-corrected chi connectivity index (χ3v) is 3.87. The molecule has 1 aliphatic carbocycles. The number of benzene rings is 1. The minimum Gasteiger partial charge on any atom is -0.233 e. The maximum absolute atomic E-state index is 13.1. The van der Waals surface area contributed by atoms with Crippen LogP contribution < -0.4 is 0 Å². The lowest BCUT2D eigenvalue weighted by Crippen LogP contribution is -2.09. The number of fused-ring (bicyclic) bond motifs is 1. The number of hydrogen-bond donors (Lipinski definition) is 0. The molecule has 19 heavy (non-hydrogen) atoms. The van der Waals surface area contributed by atoms with Crippen LogP contribution in [0.5, 0.6) is 0 Å². The average molecular weight is 277 g/mol. The topological polar surface area (TPSA) is 25.8 Å². The van der Waals surface area contributed by atoms with Crippen LogP contribution in [0.3, 0.4) is 0 Å². The molecule has 0 N–H and O–H groups in total. The molecule has 0 bridgehead atoms. The van der Waals surface area contributed by atoms with Crippen molar-refractivity contribution in [3.63, 3.8) is 0 Å². The molecule has 2 nitrogen and oxygen atoms in total. The van der Waals surface area contributed by atoms with Gasteiger partial charge in [0.2, 0.25) is 0 Å². The summed E-state index contributed by atoms with van der Waals surface area (Å²) >= 11 is 6.26. The van der Waals surface area contributed by atoms with Crippen molar-refractivity contribution in [1.29, 1.82) is 0 Å². The molecule has 1 aliphatic rings. The second kappa shape index (κ2) is 4.89. The van der Waals surface area contributed by atoms with Gasteiger partial charge in [-0.15, -0.1) is 0 Å². The van der Waals surface area contributed by atoms with Crippen LogP contribution in [-0.4, -0.2) is 9.97 Å². The predicted octanol–water partition coefficient (Wildman–Crippen LogP) is 4.12.